The number of hydrogen-bond donors (Lipinski definition) is 0. The zero-order valence-electron chi connectivity index (χ0n) is 11.5. The normalized spacial score (nSPS) is 14.9. The molecule has 1 heterocycles. The minimum atomic E-state index is -0.291. The third kappa shape index (κ3) is 2.53. The van der Waals surface area contributed by atoms with Gasteiger partial charge < -0.3 is 9.80 Å². The molecule has 2 aromatic rings. The lowest BCUT2D eigenvalue weighted by atomic mass is 10.2. The lowest BCUT2D eigenvalue weighted by Gasteiger charge is -2.26. The third-order valence-electron chi connectivity index (χ3n) is 3.66. The minimum absolute atomic E-state index is 0.0254. The fraction of sp³-hybridized carbons (Fsp3) is 0.188. The Hall–Kier alpha value is -1.88. The summed E-state index contributed by atoms with van der Waals surface area (Å²) in [6.45, 7) is 0.452. The molecular weight excluding hydrogens is 335 g/mol. The number of hydrogen-bond acceptors (Lipinski definition) is 2. The molecular formula is C16H14BrFN2O. The van der Waals surface area contributed by atoms with Gasteiger partial charge in [-0.3, -0.25) is 4.79 Å². The molecule has 0 atom stereocenters. The molecule has 0 aromatic heterocycles. The van der Waals surface area contributed by atoms with Crippen molar-refractivity contribution in [3.8, 4) is 0 Å². The lowest BCUT2D eigenvalue weighted by molar-refractivity contribution is -0.118. The smallest absolute Gasteiger partial charge is 0.228 e. The van der Waals surface area contributed by atoms with Crippen molar-refractivity contribution in [1.29, 1.82) is 0 Å². The van der Waals surface area contributed by atoms with E-state index in [4.69, 9.17) is 0 Å². The van der Waals surface area contributed by atoms with Gasteiger partial charge >= 0.3 is 0 Å². The lowest BCUT2D eigenvalue weighted by Crippen LogP contribution is -2.25. The molecule has 3 nitrogen and oxygen atoms in total. The standard InChI is InChI=1S/C16H14BrFN2O/c1-19-14-7-6-11(17)10-15(14)20(9-8-16(19)21)13-5-3-2-4-12(13)18/h2-7,10H,8-9H2,1H3. The average molecular weight is 349 g/mol. The van der Waals surface area contributed by atoms with Crippen LogP contribution in [0.2, 0.25) is 0 Å². The van der Waals surface area contributed by atoms with E-state index < -0.39 is 0 Å². The SMILES string of the molecule is CN1C(=O)CCN(c2ccccc2F)c2cc(Br)ccc21. The molecule has 0 unspecified atom stereocenters. The molecule has 0 N–H and O–H groups in total. The van der Waals surface area contributed by atoms with Crippen LogP contribution in [0, 0.1) is 5.82 Å². The molecule has 0 bridgehead atoms. The molecule has 0 aliphatic carbocycles. The average Bonchev–Trinajstić information content (AvgIpc) is 2.59. The van der Waals surface area contributed by atoms with Crippen LogP contribution in [0.5, 0.6) is 0 Å². The Balaban J connectivity index is 2.19. The maximum Gasteiger partial charge on any atom is 0.228 e. The van der Waals surface area contributed by atoms with Crippen LogP contribution in [0.15, 0.2) is 46.9 Å². The minimum Gasteiger partial charge on any atom is -0.337 e. The summed E-state index contributed by atoms with van der Waals surface area (Å²) in [4.78, 5) is 15.6. The summed E-state index contributed by atoms with van der Waals surface area (Å²) >= 11 is 3.45. The summed E-state index contributed by atoms with van der Waals surface area (Å²) in [6, 6.07) is 12.3. The second kappa shape index (κ2) is 5.48. The molecule has 1 amide bonds. The number of halogens is 2. The van der Waals surface area contributed by atoms with E-state index in [0.717, 1.165) is 15.8 Å². The van der Waals surface area contributed by atoms with Crippen molar-refractivity contribution in [2.24, 2.45) is 0 Å². The highest BCUT2D eigenvalue weighted by atomic mass is 79.9. The summed E-state index contributed by atoms with van der Waals surface area (Å²) in [5.41, 5.74) is 2.09. The molecule has 0 radical (unpaired) electrons. The fourth-order valence-corrected chi connectivity index (χ4v) is 2.90. The van der Waals surface area contributed by atoms with E-state index in [-0.39, 0.29) is 11.7 Å². The Bertz CT molecular complexity index is 704. The highest BCUT2D eigenvalue weighted by Crippen LogP contribution is 2.39. The molecule has 21 heavy (non-hydrogen) atoms. The van der Waals surface area contributed by atoms with Crippen LogP contribution in [0.25, 0.3) is 0 Å². The molecule has 0 saturated heterocycles. The quantitative estimate of drug-likeness (QED) is 0.774. The van der Waals surface area contributed by atoms with Crippen LogP contribution in [0.1, 0.15) is 6.42 Å². The monoisotopic (exact) mass is 348 g/mol. The van der Waals surface area contributed by atoms with Crippen molar-refractivity contribution in [1.82, 2.24) is 0 Å². The first-order valence-corrected chi connectivity index (χ1v) is 7.45. The van der Waals surface area contributed by atoms with Gasteiger partial charge in [-0.05, 0) is 30.3 Å². The van der Waals surface area contributed by atoms with Gasteiger partial charge in [-0.25, -0.2) is 4.39 Å². The maximum absolute atomic E-state index is 14.1. The Labute approximate surface area is 131 Å². The Morgan fingerprint density at radius 2 is 1.86 bits per heavy atom. The second-order valence-electron chi connectivity index (χ2n) is 4.94. The first-order chi connectivity index (χ1) is 10.1. The first-order valence-electron chi connectivity index (χ1n) is 6.66. The predicted molar refractivity (Wildman–Crippen MR) is 85.6 cm³/mol. The van der Waals surface area contributed by atoms with Gasteiger partial charge in [0, 0.05) is 24.5 Å². The van der Waals surface area contributed by atoms with Crippen LogP contribution >= 0.6 is 15.9 Å². The molecule has 1 aliphatic rings. The van der Waals surface area contributed by atoms with E-state index in [9.17, 15) is 9.18 Å². The van der Waals surface area contributed by atoms with Crippen LogP contribution in [0.3, 0.4) is 0 Å². The van der Waals surface area contributed by atoms with Gasteiger partial charge in [-0.15, -0.1) is 0 Å². The number of nitrogens with zero attached hydrogens (tertiary/aromatic N) is 2. The van der Waals surface area contributed by atoms with E-state index in [0.29, 0.717) is 18.7 Å². The van der Waals surface area contributed by atoms with Crippen molar-refractivity contribution in [2.45, 2.75) is 6.42 Å². The summed E-state index contributed by atoms with van der Waals surface area (Å²) in [5.74, 6) is -0.266. The number of rotatable bonds is 1. The van der Waals surface area contributed by atoms with Gasteiger partial charge in [0.25, 0.3) is 0 Å². The van der Waals surface area contributed by atoms with Gasteiger partial charge in [0.15, 0.2) is 0 Å². The number of carbonyl (C=O) groups excluding carboxylic acids is 1. The molecule has 5 heteroatoms. The van der Waals surface area contributed by atoms with E-state index in [1.165, 1.54) is 6.07 Å². The fourth-order valence-electron chi connectivity index (χ4n) is 2.55. The third-order valence-corrected chi connectivity index (χ3v) is 4.15. The maximum atomic E-state index is 14.1. The Morgan fingerprint density at radius 1 is 1.10 bits per heavy atom. The van der Waals surface area contributed by atoms with Crippen LogP contribution in [-0.2, 0) is 4.79 Å². The van der Waals surface area contributed by atoms with E-state index in [2.05, 4.69) is 15.9 Å². The summed E-state index contributed by atoms with van der Waals surface area (Å²) in [5, 5.41) is 0. The van der Waals surface area contributed by atoms with Crippen molar-refractivity contribution < 1.29 is 9.18 Å². The van der Waals surface area contributed by atoms with Crippen molar-refractivity contribution >= 4 is 38.9 Å². The van der Waals surface area contributed by atoms with Crippen molar-refractivity contribution in [3.05, 3.63) is 52.8 Å². The van der Waals surface area contributed by atoms with E-state index in [1.807, 2.05) is 23.1 Å². The highest BCUT2D eigenvalue weighted by Gasteiger charge is 2.25. The predicted octanol–water partition coefficient (Wildman–Crippen LogP) is 4.09. The molecule has 1 aliphatic heterocycles. The van der Waals surface area contributed by atoms with Crippen LogP contribution in [0.4, 0.5) is 21.5 Å². The summed E-state index contributed by atoms with van der Waals surface area (Å²) in [7, 11) is 1.75. The van der Waals surface area contributed by atoms with E-state index >= 15 is 0 Å². The molecule has 0 fully saturated rings. The molecule has 0 saturated carbocycles. The van der Waals surface area contributed by atoms with Gasteiger partial charge in [0.05, 0.1) is 17.1 Å². The number of carbonyl (C=O) groups is 1. The second-order valence-corrected chi connectivity index (χ2v) is 5.85. The number of anilines is 3. The van der Waals surface area contributed by atoms with Gasteiger partial charge in [0.1, 0.15) is 5.82 Å². The van der Waals surface area contributed by atoms with Crippen molar-refractivity contribution in [2.75, 3.05) is 23.4 Å². The van der Waals surface area contributed by atoms with Crippen LogP contribution in [-0.4, -0.2) is 19.5 Å². The molecule has 108 valence electrons. The first kappa shape index (κ1) is 14.1. The largest absolute Gasteiger partial charge is 0.337 e. The number of para-hydroxylation sites is 1. The molecule has 3 rings (SSSR count). The zero-order valence-corrected chi connectivity index (χ0v) is 13.1. The van der Waals surface area contributed by atoms with Crippen molar-refractivity contribution in [3.63, 3.8) is 0 Å². The zero-order chi connectivity index (χ0) is 15.0. The van der Waals surface area contributed by atoms with Gasteiger partial charge in [0.2, 0.25) is 5.91 Å². The number of fused-ring (bicyclic) bond motifs is 1. The van der Waals surface area contributed by atoms with Gasteiger partial charge in [-0.1, -0.05) is 28.1 Å². The summed E-state index contributed by atoms with van der Waals surface area (Å²) < 4.78 is 15.0. The molecule has 2 aromatic carbocycles. The molecule has 0 spiro atoms. The Kier molecular flexibility index (Phi) is 3.68. The van der Waals surface area contributed by atoms with E-state index in [1.54, 1.807) is 30.1 Å². The summed E-state index contributed by atoms with van der Waals surface area (Å²) in [6.07, 6.45) is 0.344. The highest BCUT2D eigenvalue weighted by molar-refractivity contribution is 9.10. The van der Waals surface area contributed by atoms with Crippen LogP contribution < -0.4 is 9.80 Å². The number of benzene rings is 2. The topological polar surface area (TPSA) is 23.6 Å². The van der Waals surface area contributed by atoms with Gasteiger partial charge in [-0.2, -0.15) is 0 Å². The Morgan fingerprint density at radius 3 is 2.62 bits per heavy atom. The number of amides is 1.